The number of Topliss-reactive ketones (excluding diaryl/α,β-unsaturated/α-hetero) is 1. The zero-order valence-electron chi connectivity index (χ0n) is 16.8. The Kier molecular flexibility index (Phi) is 6.13. The summed E-state index contributed by atoms with van der Waals surface area (Å²) in [4.78, 5) is 24.5. The number of para-hydroxylation sites is 1. The average molecular weight is 388 g/mol. The molecule has 0 aromatic heterocycles. The van der Waals surface area contributed by atoms with Crippen molar-refractivity contribution >= 4 is 11.8 Å². The van der Waals surface area contributed by atoms with E-state index in [2.05, 4.69) is 20.8 Å². The number of carbonyl (C=O) groups excluding carboxylic acids is 2. The van der Waals surface area contributed by atoms with Crippen LogP contribution in [0.4, 0.5) is 0 Å². The van der Waals surface area contributed by atoms with Crippen LogP contribution in [0.15, 0.2) is 78.9 Å². The Balaban J connectivity index is 1.55. The third kappa shape index (κ3) is 5.55. The molecule has 0 N–H and O–H groups in total. The molecule has 0 bridgehead atoms. The van der Waals surface area contributed by atoms with Gasteiger partial charge in [-0.2, -0.15) is 0 Å². The summed E-state index contributed by atoms with van der Waals surface area (Å²) in [7, 11) is 0. The molecule has 3 aromatic carbocycles. The Bertz CT molecular complexity index is 966. The molecule has 0 saturated heterocycles. The van der Waals surface area contributed by atoms with Gasteiger partial charge >= 0.3 is 5.97 Å². The second kappa shape index (κ2) is 8.74. The first-order chi connectivity index (χ1) is 13.8. The van der Waals surface area contributed by atoms with Crippen LogP contribution in [0.25, 0.3) is 0 Å². The number of hydrogen-bond donors (Lipinski definition) is 0. The van der Waals surface area contributed by atoms with E-state index < -0.39 is 5.97 Å². The number of ketones is 1. The summed E-state index contributed by atoms with van der Waals surface area (Å²) in [6.45, 7) is 6.04. The van der Waals surface area contributed by atoms with Crippen molar-refractivity contribution < 1.29 is 19.1 Å². The maximum absolute atomic E-state index is 12.3. The van der Waals surface area contributed by atoms with Crippen molar-refractivity contribution in [1.82, 2.24) is 0 Å². The van der Waals surface area contributed by atoms with Crippen LogP contribution in [0.1, 0.15) is 47.1 Å². The first-order valence-electron chi connectivity index (χ1n) is 9.47. The van der Waals surface area contributed by atoms with E-state index in [1.807, 2.05) is 42.5 Å². The number of rotatable bonds is 6. The maximum atomic E-state index is 12.3. The minimum absolute atomic E-state index is 0.0183. The zero-order valence-corrected chi connectivity index (χ0v) is 16.8. The van der Waals surface area contributed by atoms with Crippen LogP contribution in [0.2, 0.25) is 0 Å². The minimum atomic E-state index is -0.545. The predicted molar refractivity (Wildman–Crippen MR) is 113 cm³/mol. The summed E-state index contributed by atoms with van der Waals surface area (Å²) in [5, 5.41) is 0. The topological polar surface area (TPSA) is 52.6 Å². The molecular formula is C25H24O4. The van der Waals surface area contributed by atoms with Crippen LogP contribution in [0.3, 0.4) is 0 Å². The molecule has 0 unspecified atom stereocenters. The highest BCUT2D eigenvalue weighted by molar-refractivity contribution is 5.99. The largest absolute Gasteiger partial charge is 0.457 e. The molecule has 0 amide bonds. The van der Waals surface area contributed by atoms with E-state index in [1.165, 1.54) is 0 Å². The third-order valence-electron chi connectivity index (χ3n) is 4.48. The quantitative estimate of drug-likeness (QED) is 0.395. The Morgan fingerprint density at radius 2 is 1.28 bits per heavy atom. The standard InChI is InChI=1S/C25H24O4/c1-25(2,3)20-13-9-18(10-14-20)23(26)17-28-24(27)19-11-15-22(16-12-19)29-21-7-5-4-6-8-21/h4-16H,17H2,1-3H3. The van der Waals surface area contributed by atoms with E-state index in [-0.39, 0.29) is 17.8 Å². The second-order valence-electron chi connectivity index (χ2n) is 7.77. The number of carbonyl (C=O) groups is 2. The fourth-order valence-electron chi connectivity index (χ4n) is 2.74. The van der Waals surface area contributed by atoms with Crippen molar-refractivity contribution in [3.05, 3.63) is 95.6 Å². The molecule has 0 spiro atoms. The number of hydrogen-bond acceptors (Lipinski definition) is 4. The van der Waals surface area contributed by atoms with Crippen molar-refractivity contribution in [3.63, 3.8) is 0 Å². The van der Waals surface area contributed by atoms with Gasteiger partial charge in [-0.15, -0.1) is 0 Å². The highest BCUT2D eigenvalue weighted by Crippen LogP contribution is 2.23. The first kappa shape index (κ1) is 20.3. The van der Waals surface area contributed by atoms with Crippen molar-refractivity contribution in [2.75, 3.05) is 6.61 Å². The van der Waals surface area contributed by atoms with E-state index >= 15 is 0 Å². The van der Waals surface area contributed by atoms with Crippen LogP contribution in [-0.2, 0) is 10.2 Å². The Morgan fingerprint density at radius 1 is 0.724 bits per heavy atom. The van der Waals surface area contributed by atoms with Gasteiger partial charge in [-0.05, 0) is 47.4 Å². The SMILES string of the molecule is CC(C)(C)c1ccc(C(=O)COC(=O)c2ccc(Oc3ccccc3)cc2)cc1. The zero-order chi connectivity index (χ0) is 20.9. The lowest BCUT2D eigenvalue weighted by atomic mass is 9.86. The molecule has 4 heteroatoms. The van der Waals surface area contributed by atoms with Gasteiger partial charge in [-0.1, -0.05) is 63.2 Å². The van der Waals surface area contributed by atoms with Crippen LogP contribution < -0.4 is 4.74 Å². The molecule has 0 aliphatic carbocycles. The molecule has 3 rings (SSSR count). The van der Waals surface area contributed by atoms with E-state index in [4.69, 9.17) is 9.47 Å². The third-order valence-corrected chi connectivity index (χ3v) is 4.48. The van der Waals surface area contributed by atoms with Gasteiger partial charge in [0.15, 0.2) is 12.4 Å². The second-order valence-corrected chi connectivity index (χ2v) is 7.77. The lowest BCUT2D eigenvalue weighted by molar-refractivity contribution is 0.0474. The van der Waals surface area contributed by atoms with Crippen molar-refractivity contribution in [2.24, 2.45) is 0 Å². The van der Waals surface area contributed by atoms with Crippen LogP contribution in [0, 0.1) is 0 Å². The summed E-state index contributed by atoms with van der Waals surface area (Å²) >= 11 is 0. The molecule has 148 valence electrons. The maximum Gasteiger partial charge on any atom is 0.338 e. The molecule has 0 atom stereocenters. The van der Waals surface area contributed by atoms with Gasteiger partial charge in [-0.25, -0.2) is 4.79 Å². The summed E-state index contributed by atoms with van der Waals surface area (Å²) < 4.78 is 10.9. The highest BCUT2D eigenvalue weighted by Gasteiger charge is 2.15. The highest BCUT2D eigenvalue weighted by atomic mass is 16.5. The number of esters is 1. The molecule has 0 radical (unpaired) electrons. The molecule has 29 heavy (non-hydrogen) atoms. The Morgan fingerprint density at radius 3 is 1.86 bits per heavy atom. The van der Waals surface area contributed by atoms with Gasteiger partial charge in [0.05, 0.1) is 5.56 Å². The lowest BCUT2D eigenvalue weighted by Gasteiger charge is -2.18. The van der Waals surface area contributed by atoms with E-state index in [0.29, 0.717) is 22.6 Å². The molecular weight excluding hydrogens is 364 g/mol. The van der Waals surface area contributed by atoms with Gasteiger partial charge in [0.2, 0.25) is 0 Å². The summed E-state index contributed by atoms with van der Waals surface area (Å²) in [5.74, 6) is 0.549. The number of benzene rings is 3. The van der Waals surface area contributed by atoms with Gasteiger partial charge in [0.25, 0.3) is 0 Å². The van der Waals surface area contributed by atoms with Gasteiger partial charge in [0.1, 0.15) is 11.5 Å². The molecule has 0 aliphatic rings. The average Bonchev–Trinajstić information content (AvgIpc) is 2.72. The van der Waals surface area contributed by atoms with Crippen LogP contribution in [-0.4, -0.2) is 18.4 Å². The van der Waals surface area contributed by atoms with E-state index in [1.54, 1.807) is 36.4 Å². The van der Waals surface area contributed by atoms with Crippen molar-refractivity contribution in [1.29, 1.82) is 0 Å². The van der Waals surface area contributed by atoms with Gasteiger partial charge in [-0.3, -0.25) is 4.79 Å². The predicted octanol–water partition coefficient (Wildman–Crippen LogP) is 5.82. The summed E-state index contributed by atoms with van der Waals surface area (Å²) in [5.41, 5.74) is 2.05. The van der Waals surface area contributed by atoms with Crippen LogP contribution in [0.5, 0.6) is 11.5 Å². The van der Waals surface area contributed by atoms with E-state index in [9.17, 15) is 9.59 Å². The molecule has 4 nitrogen and oxygen atoms in total. The summed E-state index contributed by atoms with van der Waals surface area (Å²) in [6, 6.07) is 23.4. The Labute approximate surface area is 171 Å². The molecule has 0 fully saturated rings. The summed E-state index contributed by atoms with van der Waals surface area (Å²) in [6.07, 6.45) is 0. The lowest BCUT2D eigenvalue weighted by Crippen LogP contribution is -2.15. The minimum Gasteiger partial charge on any atom is -0.457 e. The monoisotopic (exact) mass is 388 g/mol. The fourth-order valence-corrected chi connectivity index (χ4v) is 2.74. The molecule has 0 saturated carbocycles. The van der Waals surface area contributed by atoms with Crippen LogP contribution >= 0.6 is 0 Å². The van der Waals surface area contributed by atoms with Crippen molar-refractivity contribution in [3.8, 4) is 11.5 Å². The normalized spacial score (nSPS) is 11.0. The van der Waals surface area contributed by atoms with Crippen molar-refractivity contribution in [2.45, 2.75) is 26.2 Å². The molecule has 3 aromatic rings. The fraction of sp³-hybridized carbons (Fsp3) is 0.200. The molecule has 0 heterocycles. The smallest absolute Gasteiger partial charge is 0.338 e. The van der Waals surface area contributed by atoms with Gasteiger partial charge < -0.3 is 9.47 Å². The van der Waals surface area contributed by atoms with Gasteiger partial charge in [0, 0.05) is 5.56 Å². The molecule has 0 aliphatic heterocycles. The number of ether oxygens (including phenoxy) is 2. The van der Waals surface area contributed by atoms with E-state index in [0.717, 1.165) is 5.56 Å². The first-order valence-corrected chi connectivity index (χ1v) is 9.47. The Hall–Kier alpha value is -3.40.